The van der Waals surface area contributed by atoms with Gasteiger partial charge in [-0.2, -0.15) is 9.71 Å². The van der Waals surface area contributed by atoms with Gasteiger partial charge in [0.05, 0.1) is 11.4 Å². The van der Waals surface area contributed by atoms with E-state index in [9.17, 15) is 5.21 Å². The fraction of sp³-hybridized carbons (Fsp3) is 0.600. The first-order valence-corrected chi connectivity index (χ1v) is 5.49. The first-order chi connectivity index (χ1) is 7.61. The summed E-state index contributed by atoms with van der Waals surface area (Å²) in [6.45, 7) is 3.53. The van der Waals surface area contributed by atoms with Crippen molar-refractivity contribution in [2.24, 2.45) is 0 Å². The third-order valence-corrected chi connectivity index (χ3v) is 3.02. The van der Waals surface area contributed by atoms with E-state index in [1.807, 2.05) is 0 Å². The number of rotatable bonds is 1. The zero-order chi connectivity index (χ0) is 11.7. The number of nitrogen functional groups attached to an aromatic ring is 1. The minimum absolute atomic E-state index is 0.174. The summed E-state index contributed by atoms with van der Waals surface area (Å²) in [5.74, 6) is 0.632. The molecule has 0 unspecified atom stereocenters. The van der Waals surface area contributed by atoms with Crippen LogP contribution in [0.4, 0.5) is 11.5 Å². The second-order valence-corrected chi connectivity index (χ2v) is 4.12. The molecule has 4 N–H and O–H groups in total. The molecule has 88 valence electrons. The standard InChI is InChI=1S/C10H17N5O/c1-7-8(11)9(13-10(12)15(7)16)14-5-3-2-4-6-14/h12,16H,2-6,11H2,1H3. The number of piperidine rings is 1. The Morgan fingerprint density at radius 2 is 1.94 bits per heavy atom. The number of nitrogens with two attached hydrogens (primary N) is 1. The Bertz CT molecular complexity index is 447. The molecule has 16 heavy (non-hydrogen) atoms. The maximum Gasteiger partial charge on any atom is 0.257 e. The maximum atomic E-state index is 9.48. The van der Waals surface area contributed by atoms with Crippen LogP contribution in [0.2, 0.25) is 0 Å². The Labute approximate surface area is 93.8 Å². The highest BCUT2D eigenvalue weighted by Crippen LogP contribution is 2.24. The first-order valence-electron chi connectivity index (χ1n) is 5.49. The number of hydrogen-bond acceptors (Lipinski definition) is 5. The van der Waals surface area contributed by atoms with Crippen molar-refractivity contribution in [2.75, 3.05) is 23.7 Å². The van der Waals surface area contributed by atoms with Gasteiger partial charge in [-0.25, -0.2) is 0 Å². The van der Waals surface area contributed by atoms with E-state index in [4.69, 9.17) is 11.1 Å². The Kier molecular flexibility index (Phi) is 2.72. The fourth-order valence-corrected chi connectivity index (χ4v) is 1.99. The van der Waals surface area contributed by atoms with Crippen LogP contribution in [0.15, 0.2) is 0 Å². The Balaban J connectivity index is 2.44. The van der Waals surface area contributed by atoms with Crippen molar-refractivity contribution >= 4 is 11.5 Å². The van der Waals surface area contributed by atoms with E-state index >= 15 is 0 Å². The second kappa shape index (κ2) is 4.03. The zero-order valence-electron chi connectivity index (χ0n) is 9.40. The topological polar surface area (TPSA) is 91.2 Å². The predicted octanol–water partition coefficient (Wildman–Crippen LogP) is 0.481. The van der Waals surface area contributed by atoms with Crippen LogP contribution in [0.25, 0.3) is 0 Å². The van der Waals surface area contributed by atoms with Crippen molar-refractivity contribution in [3.8, 4) is 0 Å². The lowest BCUT2D eigenvalue weighted by molar-refractivity contribution is 0.159. The van der Waals surface area contributed by atoms with Gasteiger partial charge in [0, 0.05) is 13.1 Å². The minimum atomic E-state index is -0.174. The summed E-state index contributed by atoms with van der Waals surface area (Å²) in [4.78, 5) is 6.12. The Morgan fingerprint density at radius 1 is 1.31 bits per heavy atom. The van der Waals surface area contributed by atoms with Crippen LogP contribution in [-0.2, 0) is 0 Å². The quantitative estimate of drug-likeness (QED) is 0.604. The highest BCUT2D eigenvalue weighted by Gasteiger charge is 2.17. The van der Waals surface area contributed by atoms with E-state index in [0.29, 0.717) is 21.9 Å². The van der Waals surface area contributed by atoms with Crippen LogP contribution in [-0.4, -0.2) is 28.0 Å². The molecule has 1 aliphatic rings. The minimum Gasteiger partial charge on any atom is -0.425 e. The monoisotopic (exact) mass is 223 g/mol. The Morgan fingerprint density at radius 3 is 2.56 bits per heavy atom. The average Bonchev–Trinajstić information content (AvgIpc) is 2.32. The summed E-state index contributed by atoms with van der Waals surface area (Å²) in [6.07, 6.45) is 3.49. The number of anilines is 2. The second-order valence-electron chi connectivity index (χ2n) is 4.12. The summed E-state index contributed by atoms with van der Waals surface area (Å²) in [7, 11) is 0. The van der Waals surface area contributed by atoms with Crippen LogP contribution in [0.1, 0.15) is 25.0 Å². The van der Waals surface area contributed by atoms with Crippen LogP contribution < -0.4 is 16.3 Å². The molecule has 6 nitrogen and oxygen atoms in total. The number of aromatic nitrogens is 2. The van der Waals surface area contributed by atoms with Gasteiger partial charge in [-0.05, 0) is 26.2 Å². The summed E-state index contributed by atoms with van der Waals surface area (Å²) in [6, 6.07) is 0. The van der Waals surface area contributed by atoms with Gasteiger partial charge in [0.15, 0.2) is 5.82 Å². The van der Waals surface area contributed by atoms with Gasteiger partial charge in [-0.1, -0.05) is 0 Å². The summed E-state index contributed by atoms with van der Waals surface area (Å²) in [5.41, 5.74) is 6.67. The molecule has 0 aromatic carbocycles. The molecule has 0 bridgehead atoms. The van der Waals surface area contributed by atoms with E-state index in [1.165, 1.54) is 6.42 Å². The fourth-order valence-electron chi connectivity index (χ4n) is 1.99. The lowest BCUT2D eigenvalue weighted by Crippen LogP contribution is -2.35. The number of hydrogen-bond donors (Lipinski definition) is 3. The van der Waals surface area contributed by atoms with Gasteiger partial charge in [-0.3, -0.25) is 5.41 Å². The van der Waals surface area contributed by atoms with Crippen molar-refractivity contribution in [3.63, 3.8) is 0 Å². The molecule has 0 radical (unpaired) electrons. The van der Waals surface area contributed by atoms with Gasteiger partial charge < -0.3 is 15.8 Å². The predicted molar refractivity (Wildman–Crippen MR) is 60.5 cm³/mol. The highest BCUT2D eigenvalue weighted by atomic mass is 16.5. The molecule has 1 saturated heterocycles. The molecule has 0 spiro atoms. The van der Waals surface area contributed by atoms with Crippen molar-refractivity contribution in [1.29, 1.82) is 5.41 Å². The van der Waals surface area contributed by atoms with Gasteiger partial charge in [-0.15, -0.1) is 0 Å². The molecular formula is C10H17N5O. The van der Waals surface area contributed by atoms with E-state index in [0.717, 1.165) is 25.9 Å². The molecule has 6 heteroatoms. The van der Waals surface area contributed by atoms with E-state index in [2.05, 4.69) is 9.88 Å². The molecule has 1 aromatic rings. The van der Waals surface area contributed by atoms with Gasteiger partial charge in [0.25, 0.3) is 5.62 Å². The van der Waals surface area contributed by atoms with E-state index < -0.39 is 0 Å². The molecule has 0 atom stereocenters. The molecule has 0 aliphatic carbocycles. The van der Waals surface area contributed by atoms with Crippen LogP contribution in [0, 0.1) is 12.3 Å². The van der Waals surface area contributed by atoms with Gasteiger partial charge in [0.2, 0.25) is 0 Å². The smallest absolute Gasteiger partial charge is 0.257 e. The van der Waals surface area contributed by atoms with Gasteiger partial charge >= 0.3 is 0 Å². The average molecular weight is 223 g/mol. The molecule has 1 fully saturated rings. The van der Waals surface area contributed by atoms with Crippen molar-refractivity contribution in [1.82, 2.24) is 9.71 Å². The third-order valence-electron chi connectivity index (χ3n) is 3.02. The number of nitrogens with one attached hydrogen (secondary N) is 1. The molecule has 0 amide bonds. The van der Waals surface area contributed by atoms with E-state index in [1.54, 1.807) is 6.92 Å². The molecule has 2 heterocycles. The lowest BCUT2D eigenvalue weighted by atomic mass is 10.1. The van der Waals surface area contributed by atoms with E-state index in [-0.39, 0.29) is 5.62 Å². The summed E-state index contributed by atoms with van der Waals surface area (Å²) >= 11 is 0. The lowest BCUT2D eigenvalue weighted by Gasteiger charge is -2.29. The normalized spacial score (nSPS) is 16.4. The van der Waals surface area contributed by atoms with Crippen LogP contribution in [0.5, 0.6) is 0 Å². The van der Waals surface area contributed by atoms with Crippen molar-refractivity contribution in [2.45, 2.75) is 26.2 Å². The van der Waals surface area contributed by atoms with Crippen molar-refractivity contribution in [3.05, 3.63) is 11.3 Å². The number of nitrogens with zero attached hydrogens (tertiary/aromatic N) is 3. The molecule has 0 saturated carbocycles. The molecule has 1 aliphatic heterocycles. The van der Waals surface area contributed by atoms with Crippen LogP contribution >= 0.6 is 0 Å². The molecular weight excluding hydrogens is 206 g/mol. The highest BCUT2D eigenvalue weighted by molar-refractivity contribution is 5.64. The largest absolute Gasteiger partial charge is 0.425 e. The SMILES string of the molecule is Cc1c(N)c(N2CCCCC2)nc(=N)n1O. The Hall–Kier alpha value is -1.72. The molecule has 2 rings (SSSR count). The third kappa shape index (κ3) is 1.70. The zero-order valence-corrected chi connectivity index (χ0v) is 9.40. The van der Waals surface area contributed by atoms with Gasteiger partial charge in [0.1, 0.15) is 0 Å². The maximum absolute atomic E-state index is 9.48. The summed E-state index contributed by atoms with van der Waals surface area (Å²) in [5, 5.41) is 17.0. The molecule has 1 aromatic heterocycles. The summed E-state index contributed by atoms with van der Waals surface area (Å²) < 4.78 is 0.711. The first kappa shape index (κ1) is 10.8. The van der Waals surface area contributed by atoms with Crippen molar-refractivity contribution < 1.29 is 5.21 Å². The van der Waals surface area contributed by atoms with Crippen LogP contribution in [0.3, 0.4) is 0 Å².